The highest BCUT2D eigenvalue weighted by molar-refractivity contribution is 6.29. The molecule has 10 nitrogen and oxygen atoms in total. The van der Waals surface area contributed by atoms with Gasteiger partial charge in [0.2, 0.25) is 5.88 Å². The number of hydrogen-bond donors (Lipinski definition) is 2. The Morgan fingerprint density at radius 1 is 1.19 bits per heavy atom. The van der Waals surface area contributed by atoms with Gasteiger partial charge in [0.1, 0.15) is 23.1 Å². The maximum atomic E-state index is 12.7. The zero-order valence-corrected chi connectivity index (χ0v) is 20.1. The number of anilines is 2. The number of nitrogens with two attached hydrogens (primary N) is 1. The average molecular weight is 522 g/mol. The van der Waals surface area contributed by atoms with E-state index in [1.165, 1.54) is 18.5 Å². The SMILES string of the molecule is C[C@H](CCOc1c(-c2nccc(N)n2)cnn1C)Nc1cc(Cl)ncc1-c1ccn(CC(F)(F)F)n1. The summed E-state index contributed by atoms with van der Waals surface area (Å²) in [5, 5.41) is 11.8. The van der Waals surface area contributed by atoms with Crippen LogP contribution in [-0.2, 0) is 13.6 Å². The number of rotatable bonds is 9. The number of ether oxygens (including phenoxy) is 1. The van der Waals surface area contributed by atoms with Gasteiger partial charge in [-0.15, -0.1) is 0 Å². The van der Waals surface area contributed by atoms with Gasteiger partial charge in [-0.2, -0.15) is 23.4 Å². The molecule has 36 heavy (non-hydrogen) atoms. The van der Waals surface area contributed by atoms with E-state index in [2.05, 4.69) is 30.5 Å². The van der Waals surface area contributed by atoms with Crippen LogP contribution in [0.4, 0.5) is 24.7 Å². The molecule has 0 saturated heterocycles. The molecule has 0 spiro atoms. The minimum absolute atomic E-state index is 0.0974. The molecule has 0 amide bonds. The van der Waals surface area contributed by atoms with Gasteiger partial charge in [0.15, 0.2) is 5.82 Å². The van der Waals surface area contributed by atoms with E-state index in [-0.39, 0.29) is 11.2 Å². The van der Waals surface area contributed by atoms with Crippen LogP contribution in [0.1, 0.15) is 13.3 Å². The molecule has 0 aliphatic carbocycles. The molecule has 1 atom stereocenters. The summed E-state index contributed by atoms with van der Waals surface area (Å²) in [6.07, 6.45) is 2.11. The van der Waals surface area contributed by atoms with Crippen molar-refractivity contribution < 1.29 is 17.9 Å². The Morgan fingerprint density at radius 2 is 2.00 bits per heavy atom. The Balaban J connectivity index is 1.43. The monoisotopic (exact) mass is 521 g/mol. The first-order valence-electron chi connectivity index (χ1n) is 10.9. The Hall–Kier alpha value is -3.87. The van der Waals surface area contributed by atoms with Crippen LogP contribution in [0.2, 0.25) is 5.15 Å². The van der Waals surface area contributed by atoms with Gasteiger partial charge in [0.05, 0.1) is 18.5 Å². The minimum Gasteiger partial charge on any atom is -0.477 e. The Labute approximate surface area is 209 Å². The van der Waals surface area contributed by atoms with Gasteiger partial charge in [-0.05, 0) is 25.1 Å². The fourth-order valence-electron chi connectivity index (χ4n) is 3.45. The molecule has 0 aliphatic heterocycles. The van der Waals surface area contributed by atoms with E-state index in [0.29, 0.717) is 53.1 Å². The van der Waals surface area contributed by atoms with Gasteiger partial charge in [-0.1, -0.05) is 11.6 Å². The second kappa shape index (κ2) is 10.4. The van der Waals surface area contributed by atoms with E-state index < -0.39 is 12.7 Å². The molecule has 0 saturated carbocycles. The summed E-state index contributed by atoms with van der Waals surface area (Å²) in [4.78, 5) is 12.5. The molecule has 0 radical (unpaired) electrons. The topological polar surface area (TPSA) is 122 Å². The molecule has 14 heteroatoms. The summed E-state index contributed by atoms with van der Waals surface area (Å²) in [6.45, 7) is 1.09. The number of pyridine rings is 1. The van der Waals surface area contributed by atoms with Crippen molar-refractivity contribution in [2.24, 2.45) is 7.05 Å². The third-order valence-electron chi connectivity index (χ3n) is 5.12. The van der Waals surface area contributed by atoms with Crippen molar-refractivity contribution in [1.82, 2.24) is 34.5 Å². The molecule has 3 N–H and O–H groups in total. The van der Waals surface area contributed by atoms with E-state index in [1.54, 1.807) is 36.3 Å². The molecular weight excluding hydrogens is 499 g/mol. The van der Waals surface area contributed by atoms with Crippen LogP contribution in [0, 0.1) is 0 Å². The number of alkyl halides is 3. The fourth-order valence-corrected chi connectivity index (χ4v) is 3.61. The maximum absolute atomic E-state index is 12.7. The minimum atomic E-state index is -4.37. The highest BCUT2D eigenvalue weighted by Gasteiger charge is 2.28. The zero-order valence-electron chi connectivity index (χ0n) is 19.4. The number of halogens is 4. The smallest absolute Gasteiger partial charge is 0.408 e. The first-order valence-corrected chi connectivity index (χ1v) is 11.2. The van der Waals surface area contributed by atoms with Crippen molar-refractivity contribution in [1.29, 1.82) is 0 Å². The maximum Gasteiger partial charge on any atom is 0.408 e. The van der Waals surface area contributed by atoms with Crippen LogP contribution in [-0.4, -0.2) is 53.3 Å². The molecule has 4 rings (SSSR count). The Kier molecular flexibility index (Phi) is 7.29. The lowest BCUT2D eigenvalue weighted by Crippen LogP contribution is -2.20. The third kappa shape index (κ3) is 6.22. The summed E-state index contributed by atoms with van der Waals surface area (Å²) in [5.41, 5.74) is 7.84. The van der Waals surface area contributed by atoms with Crippen LogP contribution >= 0.6 is 11.6 Å². The van der Waals surface area contributed by atoms with E-state index in [9.17, 15) is 13.2 Å². The molecule has 0 aliphatic rings. The Bertz CT molecular complexity index is 1340. The standard InChI is InChI=1S/C22H23ClF3N9O/c1-13(5-8-36-21-15(11-30-34(21)2)20-28-6-3-19(27)32-20)31-17-9-18(23)29-10-14(17)16-4-7-35(33-16)12-22(24,25)26/h3-4,6-7,9-11,13H,5,8,12H2,1-2H3,(H,29,31)(H2,27,28,32)/t13-/m1/s1. The third-order valence-corrected chi connectivity index (χ3v) is 5.33. The van der Waals surface area contributed by atoms with Gasteiger partial charge in [-0.3, -0.25) is 4.68 Å². The molecule has 4 aromatic rings. The molecule has 0 fully saturated rings. The molecule has 0 bridgehead atoms. The van der Waals surface area contributed by atoms with E-state index in [0.717, 1.165) is 4.68 Å². The number of hydrogen-bond acceptors (Lipinski definition) is 8. The average Bonchev–Trinajstić information content (AvgIpc) is 3.39. The number of nitrogens with one attached hydrogen (secondary N) is 1. The number of aromatic nitrogens is 7. The lowest BCUT2D eigenvalue weighted by molar-refractivity contribution is -0.142. The fraction of sp³-hybridized carbons (Fsp3) is 0.318. The van der Waals surface area contributed by atoms with Crippen molar-refractivity contribution in [2.75, 3.05) is 17.7 Å². The highest BCUT2D eigenvalue weighted by Crippen LogP contribution is 2.30. The van der Waals surface area contributed by atoms with E-state index in [4.69, 9.17) is 22.1 Å². The largest absolute Gasteiger partial charge is 0.477 e. The predicted octanol–water partition coefficient (Wildman–Crippen LogP) is 4.20. The first-order chi connectivity index (χ1) is 17.1. The van der Waals surface area contributed by atoms with Gasteiger partial charge < -0.3 is 15.8 Å². The predicted molar refractivity (Wildman–Crippen MR) is 128 cm³/mol. The summed E-state index contributed by atoms with van der Waals surface area (Å²) < 4.78 is 46.5. The lowest BCUT2D eigenvalue weighted by Gasteiger charge is -2.18. The second-order valence-corrected chi connectivity index (χ2v) is 8.43. The van der Waals surface area contributed by atoms with Crippen molar-refractivity contribution >= 4 is 23.1 Å². The number of aryl methyl sites for hydroxylation is 1. The van der Waals surface area contributed by atoms with Gasteiger partial charge in [0, 0.05) is 49.4 Å². The second-order valence-electron chi connectivity index (χ2n) is 8.04. The van der Waals surface area contributed by atoms with Crippen molar-refractivity contribution in [3.05, 3.63) is 48.1 Å². The number of nitrogens with zero attached hydrogens (tertiary/aromatic N) is 7. The number of nitrogen functional groups attached to an aromatic ring is 1. The normalized spacial score (nSPS) is 12.5. The molecular formula is C22H23ClF3N9O. The summed E-state index contributed by atoms with van der Waals surface area (Å²) in [5.74, 6) is 1.24. The quantitative estimate of drug-likeness (QED) is 0.314. The Morgan fingerprint density at radius 3 is 2.75 bits per heavy atom. The molecule has 4 heterocycles. The van der Waals surface area contributed by atoms with Crippen molar-refractivity contribution in [3.63, 3.8) is 0 Å². The molecule has 0 unspecified atom stereocenters. The summed E-state index contributed by atoms with van der Waals surface area (Å²) in [6, 6.07) is 4.60. The van der Waals surface area contributed by atoms with Crippen LogP contribution in [0.5, 0.6) is 5.88 Å². The van der Waals surface area contributed by atoms with Crippen LogP contribution in [0.25, 0.3) is 22.6 Å². The molecule has 190 valence electrons. The summed E-state index contributed by atoms with van der Waals surface area (Å²) in [7, 11) is 1.75. The van der Waals surface area contributed by atoms with E-state index >= 15 is 0 Å². The zero-order chi connectivity index (χ0) is 25.9. The van der Waals surface area contributed by atoms with Crippen LogP contribution < -0.4 is 15.8 Å². The van der Waals surface area contributed by atoms with Crippen LogP contribution in [0.3, 0.4) is 0 Å². The molecule has 4 aromatic heterocycles. The highest BCUT2D eigenvalue weighted by atomic mass is 35.5. The van der Waals surface area contributed by atoms with Crippen molar-refractivity contribution in [3.8, 4) is 28.5 Å². The van der Waals surface area contributed by atoms with Gasteiger partial charge in [-0.25, -0.2) is 19.6 Å². The molecule has 0 aromatic carbocycles. The van der Waals surface area contributed by atoms with Crippen molar-refractivity contribution in [2.45, 2.75) is 32.1 Å². The van der Waals surface area contributed by atoms with E-state index in [1.807, 2.05) is 6.92 Å². The lowest BCUT2D eigenvalue weighted by atomic mass is 10.1. The van der Waals surface area contributed by atoms with Gasteiger partial charge in [0.25, 0.3) is 0 Å². The van der Waals surface area contributed by atoms with Crippen LogP contribution in [0.15, 0.2) is 43.0 Å². The summed E-state index contributed by atoms with van der Waals surface area (Å²) >= 11 is 6.08. The van der Waals surface area contributed by atoms with Gasteiger partial charge >= 0.3 is 6.18 Å². The first kappa shape index (κ1) is 25.2.